The molecule has 29 heavy (non-hydrogen) atoms. The monoisotopic (exact) mass is 418 g/mol. The Morgan fingerprint density at radius 1 is 1.07 bits per heavy atom. The topological polar surface area (TPSA) is 69.9 Å². The van der Waals surface area contributed by atoms with Gasteiger partial charge in [-0.2, -0.15) is 5.26 Å². The largest absolute Gasteiger partial charge is 0.278 e. The second kappa shape index (κ2) is 7.90. The van der Waals surface area contributed by atoms with Crippen molar-refractivity contribution < 1.29 is 4.79 Å². The smallest absolute Gasteiger partial charge is 0.244 e. The number of nitriles is 1. The van der Waals surface area contributed by atoms with E-state index in [0.717, 1.165) is 21.2 Å². The molecule has 1 atom stereocenters. The minimum atomic E-state index is -0.431. The van der Waals surface area contributed by atoms with Crippen LogP contribution in [0, 0.1) is 25.2 Å². The molecule has 0 aliphatic carbocycles. The van der Waals surface area contributed by atoms with Gasteiger partial charge in [0.2, 0.25) is 5.91 Å². The third-order valence-electron chi connectivity index (χ3n) is 4.57. The van der Waals surface area contributed by atoms with E-state index >= 15 is 0 Å². The minimum Gasteiger partial charge on any atom is -0.278 e. The van der Waals surface area contributed by atoms with E-state index in [-0.39, 0.29) is 5.91 Å². The van der Waals surface area contributed by atoms with Crippen LogP contribution in [0.2, 0.25) is 0 Å². The Morgan fingerprint density at radius 3 is 2.24 bits per heavy atom. The number of hydrogen-bond acceptors (Lipinski definition) is 6. The number of aryl methyl sites for hydroxylation is 2. The molecule has 2 heterocycles. The fourth-order valence-electron chi connectivity index (χ4n) is 3.24. The molecule has 1 aliphatic heterocycles. The van der Waals surface area contributed by atoms with Gasteiger partial charge in [-0.05, 0) is 45.0 Å². The molecule has 3 aromatic rings. The Hall–Kier alpha value is -2.82. The molecule has 7 heteroatoms. The van der Waals surface area contributed by atoms with Gasteiger partial charge in [0.15, 0.2) is 0 Å². The number of aromatic nitrogens is 2. The van der Waals surface area contributed by atoms with Gasteiger partial charge in [-0.25, -0.2) is 9.97 Å². The predicted octanol–water partition coefficient (Wildman–Crippen LogP) is 5.28. The van der Waals surface area contributed by atoms with Crippen molar-refractivity contribution in [3.8, 4) is 6.07 Å². The summed E-state index contributed by atoms with van der Waals surface area (Å²) in [6, 6.07) is 18.0. The summed E-state index contributed by atoms with van der Waals surface area (Å²) in [6.07, 6.45) is 0. The number of rotatable bonds is 3. The number of nitrogens with zero attached hydrogens (tertiary/aromatic N) is 4. The lowest BCUT2D eigenvalue weighted by atomic mass is 10.2. The third-order valence-corrected chi connectivity index (χ3v) is 6.77. The van der Waals surface area contributed by atoms with Crippen molar-refractivity contribution in [2.24, 2.45) is 0 Å². The summed E-state index contributed by atoms with van der Waals surface area (Å²) in [4.78, 5) is 26.1. The van der Waals surface area contributed by atoms with Gasteiger partial charge in [0, 0.05) is 9.79 Å². The number of hydrogen-bond donors (Lipinski definition) is 0. The summed E-state index contributed by atoms with van der Waals surface area (Å²) in [7, 11) is 0. The molecule has 0 saturated heterocycles. The van der Waals surface area contributed by atoms with Crippen LogP contribution in [0.15, 0.2) is 63.3 Å². The standard InChI is InChI=1S/C22H18N4OS2/c1-13-16(12-23)21(25-15(3)24-13)28-14(2)22(27)26-17-8-4-6-10-19(17)29-20-11-7-5-9-18(20)26/h4-11,14H,1-3H3. The van der Waals surface area contributed by atoms with Crippen LogP contribution in [0.5, 0.6) is 0 Å². The van der Waals surface area contributed by atoms with Crippen molar-refractivity contribution in [3.05, 3.63) is 65.6 Å². The number of amides is 1. The Balaban J connectivity index is 1.72. The summed E-state index contributed by atoms with van der Waals surface area (Å²) in [6.45, 7) is 5.44. The van der Waals surface area contributed by atoms with Crippen LogP contribution in [-0.4, -0.2) is 21.1 Å². The van der Waals surface area contributed by atoms with E-state index in [2.05, 4.69) is 16.0 Å². The van der Waals surface area contributed by atoms with Crippen LogP contribution in [-0.2, 0) is 4.79 Å². The van der Waals surface area contributed by atoms with Gasteiger partial charge in [0.1, 0.15) is 22.5 Å². The van der Waals surface area contributed by atoms with Crippen molar-refractivity contribution in [2.75, 3.05) is 4.90 Å². The summed E-state index contributed by atoms with van der Waals surface area (Å²) in [5.74, 6) is 0.543. The van der Waals surface area contributed by atoms with E-state index in [1.165, 1.54) is 11.8 Å². The molecular weight excluding hydrogens is 400 g/mol. The van der Waals surface area contributed by atoms with E-state index in [0.29, 0.717) is 22.1 Å². The number of fused-ring (bicyclic) bond motifs is 2. The number of carbonyl (C=O) groups excluding carboxylic acids is 1. The quantitative estimate of drug-likeness (QED) is 0.426. The zero-order valence-corrected chi connectivity index (χ0v) is 17.8. The second-order valence-electron chi connectivity index (χ2n) is 6.62. The lowest BCUT2D eigenvalue weighted by molar-refractivity contribution is -0.117. The van der Waals surface area contributed by atoms with Gasteiger partial charge in [0.05, 0.1) is 22.3 Å². The highest BCUT2D eigenvalue weighted by Crippen LogP contribution is 2.48. The molecule has 5 nitrogen and oxygen atoms in total. The SMILES string of the molecule is Cc1nc(C)c(C#N)c(SC(C)C(=O)N2c3ccccc3Sc3ccccc32)n1. The van der Waals surface area contributed by atoms with Crippen molar-refractivity contribution in [1.29, 1.82) is 5.26 Å². The van der Waals surface area contributed by atoms with Gasteiger partial charge in [-0.1, -0.05) is 47.8 Å². The van der Waals surface area contributed by atoms with Crippen LogP contribution >= 0.6 is 23.5 Å². The summed E-state index contributed by atoms with van der Waals surface area (Å²) >= 11 is 2.97. The van der Waals surface area contributed by atoms with Crippen molar-refractivity contribution >= 4 is 40.8 Å². The van der Waals surface area contributed by atoms with Crippen LogP contribution < -0.4 is 4.90 Å². The summed E-state index contributed by atoms with van der Waals surface area (Å²) < 4.78 is 0. The van der Waals surface area contributed by atoms with Gasteiger partial charge in [0.25, 0.3) is 0 Å². The van der Waals surface area contributed by atoms with Crippen molar-refractivity contribution in [2.45, 2.75) is 40.8 Å². The van der Waals surface area contributed by atoms with E-state index in [4.69, 9.17) is 0 Å². The maximum atomic E-state index is 13.6. The Morgan fingerprint density at radius 2 is 1.66 bits per heavy atom. The fraction of sp³-hybridized carbons (Fsp3) is 0.182. The molecule has 144 valence electrons. The highest BCUT2D eigenvalue weighted by molar-refractivity contribution is 8.00. The zero-order valence-electron chi connectivity index (χ0n) is 16.2. The highest BCUT2D eigenvalue weighted by Gasteiger charge is 2.31. The molecular formula is C22H18N4OS2. The van der Waals surface area contributed by atoms with Gasteiger partial charge >= 0.3 is 0 Å². The first-order valence-electron chi connectivity index (χ1n) is 9.11. The normalized spacial score (nSPS) is 13.2. The van der Waals surface area contributed by atoms with Gasteiger partial charge in [-0.3, -0.25) is 9.69 Å². The average molecular weight is 419 g/mol. The number of benzene rings is 2. The summed E-state index contributed by atoms with van der Waals surface area (Å²) in [5.41, 5.74) is 2.82. The first-order chi connectivity index (χ1) is 14.0. The molecule has 4 rings (SSSR count). The zero-order chi connectivity index (χ0) is 20.5. The molecule has 0 radical (unpaired) electrons. The van der Waals surface area contributed by atoms with Crippen molar-refractivity contribution in [1.82, 2.24) is 9.97 Å². The minimum absolute atomic E-state index is 0.0481. The molecule has 2 aromatic carbocycles. The van der Waals surface area contributed by atoms with E-state index < -0.39 is 5.25 Å². The molecule has 1 amide bonds. The first-order valence-corrected chi connectivity index (χ1v) is 10.8. The lowest BCUT2D eigenvalue weighted by Crippen LogP contribution is -2.34. The van der Waals surface area contributed by atoms with Crippen LogP contribution in [0.4, 0.5) is 11.4 Å². The lowest BCUT2D eigenvalue weighted by Gasteiger charge is -2.32. The first kappa shape index (κ1) is 19.5. The highest BCUT2D eigenvalue weighted by atomic mass is 32.2. The molecule has 0 N–H and O–H groups in total. The third kappa shape index (κ3) is 3.61. The number of carbonyl (C=O) groups is 1. The Labute approximate surface area is 178 Å². The number of para-hydroxylation sites is 2. The summed E-state index contributed by atoms with van der Waals surface area (Å²) in [5, 5.41) is 9.63. The maximum absolute atomic E-state index is 13.6. The molecule has 0 spiro atoms. The fourth-order valence-corrected chi connectivity index (χ4v) is 5.33. The molecule has 0 saturated carbocycles. The van der Waals surface area contributed by atoms with Gasteiger partial charge in [-0.15, -0.1) is 0 Å². The molecule has 1 aromatic heterocycles. The second-order valence-corrected chi connectivity index (χ2v) is 9.03. The van der Waals surface area contributed by atoms with Crippen LogP contribution in [0.25, 0.3) is 0 Å². The molecule has 1 aliphatic rings. The van der Waals surface area contributed by atoms with E-state index in [1.54, 1.807) is 30.5 Å². The average Bonchev–Trinajstić information content (AvgIpc) is 2.71. The van der Waals surface area contributed by atoms with Crippen LogP contribution in [0.1, 0.15) is 24.0 Å². The molecule has 0 fully saturated rings. The Kier molecular flexibility index (Phi) is 5.31. The Bertz CT molecular complexity index is 1110. The van der Waals surface area contributed by atoms with Crippen LogP contribution in [0.3, 0.4) is 0 Å². The molecule has 1 unspecified atom stereocenters. The van der Waals surface area contributed by atoms with E-state index in [9.17, 15) is 10.1 Å². The predicted molar refractivity (Wildman–Crippen MR) is 116 cm³/mol. The van der Waals surface area contributed by atoms with Gasteiger partial charge < -0.3 is 0 Å². The molecule has 0 bridgehead atoms. The van der Waals surface area contributed by atoms with Crippen molar-refractivity contribution in [3.63, 3.8) is 0 Å². The number of thioether (sulfide) groups is 1. The van der Waals surface area contributed by atoms with E-state index in [1.807, 2.05) is 55.5 Å². The number of anilines is 2. The maximum Gasteiger partial charge on any atom is 0.244 e.